The third-order valence-corrected chi connectivity index (χ3v) is 29.0. The molecule has 0 unspecified atom stereocenters. The first kappa shape index (κ1) is 76.4. The first-order valence-corrected chi connectivity index (χ1v) is 44.8. The maximum atomic E-state index is 2.56. The Balaban J connectivity index is 0.665. The van der Waals surface area contributed by atoms with Gasteiger partial charge in [-0.25, -0.2) is 0 Å². The highest BCUT2D eigenvalue weighted by molar-refractivity contribution is 6.25. The normalized spacial score (nSPS) is 14.2. The number of fused-ring (bicyclic) bond motifs is 17. The van der Waals surface area contributed by atoms with E-state index in [2.05, 4.69) is 480 Å². The van der Waals surface area contributed by atoms with Crippen LogP contribution in [0.1, 0.15) is 126 Å². The van der Waals surface area contributed by atoms with Gasteiger partial charge in [0.2, 0.25) is 0 Å². The highest BCUT2D eigenvalue weighted by Crippen LogP contribution is 2.58. The zero-order valence-corrected chi connectivity index (χ0v) is 73.4. The largest absolute Gasteiger partial charge is 0.310 e. The molecular weight excluding hydrogens is 1520 g/mol. The average Bonchev–Trinajstić information content (AvgIpc) is 1.21. The Labute approximate surface area is 741 Å². The van der Waals surface area contributed by atoms with Gasteiger partial charge in [-0.3, -0.25) is 0 Å². The van der Waals surface area contributed by atoms with Crippen LogP contribution in [-0.2, 0) is 27.1 Å². The summed E-state index contributed by atoms with van der Waals surface area (Å²) in [6.07, 6.45) is 0. The second kappa shape index (κ2) is 28.6. The Morgan fingerprint density at radius 3 is 0.754 bits per heavy atom. The van der Waals surface area contributed by atoms with E-state index in [0.717, 1.165) is 67.2 Å². The highest BCUT2D eigenvalue weighted by atomic mass is 15.2. The molecule has 0 heterocycles. The lowest BCUT2D eigenvalue weighted by molar-refractivity contribution is 0.590. The maximum absolute atomic E-state index is 2.56. The van der Waals surface area contributed by atoms with Crippen LogP contribution in [0.15, 0.2) is 394 Å². The van der Waals surface area contributed by atoms with E-state index >= 15 is 0 Å². The van der Waals surface area contributed by atoms with Gasteiger partial charge >= 0.3 is 0 Å². The van der Waals surface area contributed by atoms with Crippen molar-refractivity contribution >= 4 is 66.4 Å². The van der Waals surface area contributed by atoms with Gasteiger partial charge in [0.25, 0.3) is 0 Å². The Morgan fingerprint density at radius 1 is 0.167 bits per heavy atom. The summed E-state index contributed by atoms with van der Waals surface area (Å²) >= 11 is 0. The second-order valence-electron chi connectivity index (χ2n) is 38.8. The van der Waals surface area contributed by atoms with Crippen molar-refractivity contribution in [3.8, 4) is 122 Å². The molecule has 604 valence electrons. The average molecular weight is 1620 g/mol. The van der Waals surface area contributed by atoms with Crippen LogP contribution in [0.5, 0.6) is 0 Å². The first-order valence-electron chi connectivity index (χ1n) is 44.8. The summed E-state index contributed by atoms with van der Waals surface area (Å²) in [7, 11) is 0. The fourth-order valence-corrected chi connectivity index (χ4v) is 22.1. The van der Waals surface area contributed by atoms with Gasteiger partial charge in [-0.1, -0.05) is 355 Å². The zero-order valence-electron chi connectivity index (χ0n) is 73.4. The van der Waals surface area contributed by atoms with Crippen molar-refractivity contribution in [2.24, 2.45) is 0 Å². The van der Waals surface area contributed by atoms with E-state index < -0.39 is 0 Å². The molecule has 0 fully saturated rings. The van der Waals surface area contributed by atoms with Gasteiger partial charge in [-0.2, -0.15) is 0 Å². The maximum Gasteiger partial charge on any atom is 0.0546 e. The Bertz CT molecular complexity index is 7410. The SMILES string of the molecule is CC(C)(C)c1ccc(N(c2cccc(-c3cc(-c4ccccc4)cc(-c4ccccc4)c3)c2)c2cc3c4ccccc4c(N(c4cccc(-c5ccc6c(c5)C(C)(C)c5cc(-c7ccc8c(c7)C(C)(C)c7ccccc7-8)ccc5-6)c4)c4cccc(-c5ccc6c(c5)C(C)(C)c5cc(-c7ccc8c(c7)C(C)(C)c7ccccc7-8)ccc5-6)c4)cc3c3ccccc23)cc1. The molecule has 0 aliphatic heterocycles. The van der Waals surface area contributed by atoms with Crippen LogP contribution >= 0.6 is 0 Å². The molecule has 0 saturated heterocycles. The van der Waals surface area contributed by atoms with Crippen molar-refractivity contribution in [2.45, 2.75) is 103 Å². The number of hydrogen-bond acceptors (Lipinski definition) is 2. The van der Waals surface area contributed by atoms with Gasteiger partial charge in [0, 0.05) is 55.2 Å². The summed E-state index contributed by atoms with van der Waals surface area (Å²) in [5, 5.41) is 6.98. The third kappa shape index (κ3) is 12.2. The zero-order chi connectivity index (χ0) is 85.4. The Hall–Kier alpha value is -14.4. The van der Waals surface area contributed by atoms with Gasteiger partial charge in [0.1, 0.15) is 0 Å². The van der Waals surface area contributed by atoms with Crippen molar-refractivity contribution in [3.63, 3.8) is 0 Å². The van der Waals surface area contributed by atoms with E-state index in [1.54, 1.807) is 0 Å². The van der Waals surface area contributed by atoms with Gasteiger partial charge in [-0.15, -0.1) is 0 Å². The number of anilines is 6. The van der Waals surface area contributed by atoms with Gasteiger partial charge < -0.3 is 9.80 Å². The molecule has 19 aromatic rings. The molecule has 0 aromatic heterocycles. The topological polar surface area (TPSA) is 6.48 Å². The first-order chi connectivity index (χ1) is 61.1. The number of nitrogens with zero attached hydrogens (tertiary/aromatic N) is 2. The van der Waals surface area contributed by atoms with Crippen LogP contribution < -0.4 is 9.80 Å². The van der Waals surface area contributed by atoms with Crippen molar-refractivity contribution in [1.29, 1.82) is 0 Å². The molecule has 4 aliphatic rings. The molecular formula is C124H98N2. The molecule has 0 bridgehead atoms. The number of hydrogen-bond donors (Lipinski definition) is 0. The minimum atomic E-state index is -0.271. The second-order valence-corrected chi connectivity index (χ2v) is 38.8. The summed E-state index contributed by atoms with van der Waals surface area (Å²) < 4.78 is 0. The molecule has 0 amide bonds. The predicted molar refractivity (Wildman–Crippen MR) is 535 cm³/mol. The monoisotopic (exact) mass is 1610 g/mol. The fraction of sp³-hybridized carbons (Fsp3) is 0.129. The van der Waals surface area contributed by atoms with Crippen molar-refractivity contribution in [3.05, 3.63) is 444 Å². The molecule has 0 radical (unpaired) electrons. The molecule has 2 nitrogen and oxygen atoms in total. The lowest BCUT2D eigenvalue weighted by atomic mass is 9.80. The molecule has 0 atom stereocenters. The van der Waals surface area contributed by atoms with E-state index in [4.69, 9.17) is 0 Å². The van der Waals surface area contributed by atoms with Crippen LogP contribution in [-0.4, -0.2) is 0 Å². The van der Waals surface area contributed by atoms with Gasteiger partial charge in [-0.05, 0) is 315 Å². The van der Waals surface area contributed by atoms with E-state index in [1.165, 1.54) is 172 Å². The van der Waals surface area contributed by atoms with E-state index in [9.17, 15) is 0 Å². The van der Waals surface area contributed by atoms with E-state index in [1.807, 2.05) is 0 Å². The van der Waals surface area contributed by atoms with Crippen molar-refractivity contribution in [1.82, 2.24) is 0 Å². The molecule has 0 N–H and O–H groups in total. The molecule has 0 spiro atoms. The predicted octanol–water partition coefficient (Wildman–Crippen LogP) is 34.3. The Kier molecular flexibility index (Phi) is 17.3. The molecule has 19 aromatic carbocycles. The summed E-state index contributed by atoms with van der Waals surface area (Å²) in [5.41, 5.74) is 45.3. The molecule has 23 rings (SSSR count). The Morgan fingerprint density at radius 2 is 0.421 bits per heavy atom. The summed E-state index contributed by atoms with van der Waals surface area (Å²) in [6.45, 7) is 26.1. The molecule has 4 aliphatic carbocycles. The fourth-order valence-electron chi connectivity index (χ4n) is 22.1. The van der Waals surface area contributed by atoms with Gasteiger partial charge in [0.15, 0.2) is 0 Å². The van der Waals surface area contributed by atoms with Crippen LogP contribution in [0.3, 0.4) is 0 Å². The minimum absolute atomic E-state index is 0.0459. The van der Waals surface area contributed by atoms with Crippen LogP contribution in [0.2, 0.25) is 0 Å². The minimum Gasteiger partial charge on any atom is -0.310 e. The molecule has 0 saturated carbocycles. The van der Waals surface area contributed by atoms with E-state index in [-0.39, 0.29) is 27.1 Å². The lowest BCUT2D eigenvalue weighted by Crippen LogP contribution is -2.15. The summed E-state index contributed by atoms with van der Waals surface area (Å²) in [4.78, 5) is 5.07. The summed E-state index contributed by atoms with van der Waals surface area (Å²) in [5.74, 6) is 0. The standard InChI is InChI=1S/C124H98N2/c1-120(2,3)91-53-55-92(56-54-91)125(93-36-28-35-81(68-93)90-64-88(77-29-14-12-15-30-77)63-89(65-90)78-31-16-13-17-32-78)118-75-108-97-40-19-21-44-107(97)119(76-109(108)96-39-18-20-43-106(96)118)126(94-37-26-33-79(66-94)82-47-59-102-104-61-51-86(73-116(104)123(8,9)114(102)69-82)84-49-57-100-98-41-22-24-45-110(98)121(4,5)112(100)71-84)95-38-27-34-80(67-95)83-48-60-103-105-62-52-87(74-117(105)124(10,11)115(103)70-83)85-50-58-101-99-42-23-25-46-111(99)122(6,7)113(101)72-85/h12-76H,1-11H3. The third-order valence-electron chi connectivity index (χ3n) is 29.0. The van der Waals surface area contributed by atoms with Crippen molar-refractivity contribution < 1.29 is 0 Å². The number of benzene rings is 19. The van der Waals surface area contributed by atoms with Crippen LogP contribution in [0.4, 0.5) is 34.1 Å². The van der Waals surface area contributed by atoms with Crippen molar-refractivity contribution in [2.75, 3.05) is 9.80 Å². The molecule has 126 heavy (non-hydrogen) atoms. The smallest absolute Gasteiger partial charge is 0.0546 e. The lowest BCUT2D eigenvalue weighted by Gasteiger charge is -2.31. The summed E-state index contributed by atoms with van der Waals surface area (Å²) in [6, 6.07) is 150. The quantitative estimate of drug-likeness (QED) is 0.106. The van der Waals surface area contributed by atoms with E-state index in [0.29, 0.717) is 0 Å². The van der Waals surface area contributed by atoms with Crippen LogP contribution in [0, 0.1) is 0 Å². The number of rotatable bonds is 13. The van der Waals surface area contributed by atoms with Crippen LogP contribution in [0.25, 0.3) is 155 Å². The highest BCUT2D eigenvalue weighted by Gasteiger charge is 2.41. The van der Waals surface area contributed by atoms with Gasteiger partial charge in [0.05, 0.1) is 11.4 Å². The molecule has 2 heteroatoms.